The van der Waals surface area contributed by atoms with Crippen LogP contribution in [-0.4, -0.2) is 20.4 Å². The monoisotopic (exact) mass is 400 g/mol. The number of anilines is 1. The van der Waals surface area contributed by atoms with Gasteiger partial charge in [0.2, 0.25) is 5.91 Å². The van der Waals surface area contributed by atoms with Crippen molar-refractivity contribution in [1.82, 2.24) is 14.5 Å². The molecule has 0 atom stereocenters. The van der Waals surface area contributed by atoms with Crippen LogP contribution < -0.4 is 10.2 Å². The highest BCUT2D eigenvalue weighted by atomic mass is 32.2. The van der Waals surface area contributed by atoms with E-state index in [0.29, 0.717) is 11.7 Å². The van der Waals surface area contributed by atoms with Crippen molar-refractivity contribution < 1.29 is 4.79 Å². The van der Waals surface area contributed by atoms with Gasteiger partial charge in [-0.3, -0.25) is 9.59 Å². The summed E-state index contributed by atoms with van der Waals surface area (Å²) in [4.78, 5) is 33.6. The SMILES string of the molecule is Cc1cc(C)nc(Sc2ccc(NC(=O)CCn3c(C)csc3=O)cc2)n1. The molecule has 0 spiro atoms. The van der Waals surface area contributed by atoms with Gasteiger partial charge in [0, 0.05) is 46.0 Å². The molecule has 1 amide bonds. The zero-order valence-electron chi connectivity index (χ0n) is 15.4. The molecule has 27 heavy (non-hydrogen) atoms. The molecule has 0 aliphatic rings. The van der Waals surface area contributed by atoms with Gasteiger partial charge in [-0.25, -0.2) is 9.97 Å². The maximum atomic E-state index is 12.1. The van der Waals surface area contributed by atoms with E-state index < -0.39 is 0 Å². The molecule has 0 unspecified atom stereocenters. The minimum atomic E-state index is -0.120. The summed E-state index contributed by atoms with van der Waals surface area (Å²) >= 11 is 2.64. The molecular weight excluding hydrogens is 380 g/mol. The number of benzene rings is 1. The summed E-state index contributed by atoms with van der Waals surface area (Å²) in [6.07, 6.45) is 0.254. The Kier molecular flexibility index (Phi) is 6.08. The average Bonchev–Trinajstić information content (AvgIpc) is 2.92. The maximum Gasteiger partial charge on any atom is 0.307 e. The fourth-order valence-electron chi connectivity index (χ4n) is 2.56. The zero-order valence-corrected chi connectivity index (χ0v) is 17.0. The van der Waals surface area contributed by atoms with Crippen LogP contribution in [0.25, 0.3) is 0 Å². The van der Waals surface area contributed by atoms with Crippen LogP contribution in [0.2, 0.25) is 0 Å². The van der Waals surface area contributed by atoms with Crippen LogP contribution in [0.5, 0.6) is 0 Å². The fourth-order valence-corrected chi connectivity index (χ4v) is 4.19. The van der Waals surface area contributed by atoms with E-state index in [2.05, 4.69) is 15.3 Å². The molecule has 2 heterocycles. The van der Waals surface area contributed by atoms with Crippen LogP contribution in [0.1, 0.15) is 23.5 Å². The van der Waals surface area contributed by atoms with Crippen molar-refractivity contribution in [3.05, 3.63) is 62.5 Å². The largest absolute Gasteiger partial charge is 0.326 e. The van der Waals surface area contributed by atoms with Gasteiger partial charge in [0.05, 0.1) is 0 Å². The van der Waals surface area contributed by atoms with Crippen molar-refractivity contribution >= 4 is 34.7 Å². The highest BCUT2D eigenvalue weighted by molar-refractivity contribution is 7.99. The van der Waals surface area contributed by atoms with E-state index in [1.165, 1.54) is 11.8 Å². The molecule has 3 aromatic rings. The van der Waals surface area contributed by atoms with E-state index in [9.17, 15) is 9.59 Å². The molecule has 0 fully saturated rings. The number of amides is 1. The van der Waals surface area contributed by atoms with E-state index in [1.54, 1.807) is 9.95 Å². The first-order chi connectivity index (χ1) is 12.9. The van der Waals surface area contributed by atoms with Gasteiger partial charge in [-0.15, -0.1) is 0 Å². The van der Waals surface area contributed by atoms with Crippen molar-refractivity contribution in [2.45, 2.75) is 43.8 Å². The maximum absolute atomic E-state index is 12.1. The molecule has 6 nitrogen and oxygen atoms in total. The van der Waals surface area contributed by atoms with Gasteiger partial charge in [0.1, 0.15) is 0 Å². The number of hydrogen-bond acceptors (Lipinski definition) is 6. The van der Waals surface area contributed by atoms with Crippen LogP contribution in [0.3, 0.4) is 0 Å². The van der Waals surface area contributed by atoms with Gasteiger partial charge in [0.25, 0.3) is 0 Å². The summed E-state index contributed by atoms with van der Waals surface area (Å²) in [5.74, 6) is -0.120. The molecule has 0 radical (unpaired) electrons. The zero-order chi connectivity index (χ0) is 19.4. The minimum Gasteiger partial charge on any atom is -0.326 e. The molecule has 2 aromatic heterocycles. The molecule has 0 saturated heterocycles. The van der Waals surface area contributed by atoms with Crippen LogP contribution in [0.4, 0.5) is 5.69 Å². The van der Waals surface area contributed by atoms with Crippen molar-refractivity contribution in [1.29, 1.82) is 0 Å². The minimum absolute atomic E-state index is 0.0321. The Labute approximate surface area is 165 Å². The summed E-state index contributed by atoms with van der Waals surface area (Å²) in [7, 11) is 0. The summed E-state index contributed by atoms with van der Waals surface area (Å²) in [5, 5.41) is 5.37. The van der Waals surface area contributed by atoms with Crippen molar-refractivity contribution in [3.63, 3.8) is 0 Å². The van der Waals surface area contributed by atoms with Gasteiger partial charge < -0.3 is 9.88 Å². The Morgan fingerprint density at radius 3 is 2.41 bits per heavy atom. The first-order valence-electron chi connectivity index (χ1n) is 8.46. The standard InChI is InChI=1S/C19H20N4O2S2/c1-12-10-13(2)21-18(20-12)27-16-6-4-15(5-7-16)22-17(24)8-9-23-14(3)11-26-19(23)25/h4-7,10-11H,8-9H2,1-3H3,(H,22,24). The van der Waals surface area contributed by atoms with Gasteiger partial charge in [0.15, 0.2) is 5.16 Å². The highest BCUT2D eigenvalue weighted by Gasteiger charge is 2.08. The third-order valence-corrected chi connectivity index (χ3v) is 5.60. The Balaban J connectivity index is 1.57. The second-order valence-corrected chi connectivity index (χ2v) is 8.01. The van der Waals surface area contributed by atoms with Crippen molar-refractivity contribution in [2.75, 3.05) is 5.32 Å². The second kappa shape index (κ2) is 8.49. The molecule has 0 aliphatic heterocycles. The predicted octanol–water partition coefficient (Wildman–Crippen LogP) is 3.81. The number of carbonyl (C=O) groups is 1. The van der Waals surface area contributed by atoms with Crippen LogP contribution in [0, 0.1) is 20.8 Å². The number of aryl methyl sites for hydroxylation is 3. The second-order valence-electron chi connectivity index (χ2n) is 6.15. The molecule has 3 rings (SSSR count). The van der Waals surface area contributed by atoms with Gasteiger partial charge in [-0.2, -0.15) is 0 Å². The molecule has 0 aliphatic carbocycles. The number of hydrogen-bond donors (Lipinski definition) is 1. The van der Waals surface area contributed by atoms with Crippen LogP contribution >= 0.6 is 23.1 Å². The van der Waals surface area contributed by atoms with Crippen molar-refractivity contribution in [3.8, 4) is 0 Å². The van der Waals surface area contributed by atoms with Crippen LogP contribution in [-0.2, 0) is 11.3 Å². The molecule has 140 valence electrons. The Morgan fingerprint density at radius 2 is 1.81 bits per heavy atom. The third-order valence-electron chi connectivity index (χ3n) is 3.85. The average molecular weight is 401 g/mol. The van der Waals surface area contributed by atoms with Crippen LogP contribution in [0.15, 0.2) is 50.6 Å². The van der Waals surface area contributed by atoms with E-state index in [4.69, 9.17) is 0 Å². The third kappa shape index (κ3) is 5.27. The first-order valence-corrected chi connectivity index (χ1v) is 10.2. The summed E-state index contributed by atoms with van der Waals surface area (Å²) in [5.41, 5.74) is 3.48. The quantitative estimate of drug-likeness (QED) is 0.637. The lowest BCUT2D eigenvalue weighted by molar-refractivity contribution is -0.116. The molecular formula is C19H20N4O2S2. The Bertz CT molecular complexity index is 989. The number of nitrogens with zero attached hydrogens (tertiary/aromatic N) is 3. The lowest BCUT2D eigenvalue weighted by Gasteiger charge is -2.08. The first kappa shape index (κ1) is 19.3. The highest BCUT2D eigenvalue weighted by Crippen LogP contribution is 2.26. The fraction of sp³-hybridized carbons (Fsp3) is 0.263. The number of aromatic nitrogens is 3. The van der Waals surface area contributed by atoms with E-state index in [-0.39, 0.29) is 17.2 Å². The molecule has 8 heteroatoms. The van der Waals surface area contributed by atoms with Gasteiger partial charge >= 0.3 is 4.87 Å². The lowest BCUT2D eigenvalue weighted by Crippen LogP contribution is -2.20. The smallest absolute Gasteiger partial charge is 0.307 e. The molecule has 0 saturated carbocycles. The van der Waals surface area contributed by atoms with E-state index in [0.717, 1.165) is 39.0 Å². The van der Waals surface area contributed by atoms with E-state index >= 15 is 0 Å². The van der Waals surface area contributed by atoms with Crippen molar-refractivity contribution in [2.24, 2.45) is 0 Å². The number of nitrogens with one attached hydrogen (secondary N) is 1. The Hall–Kier alpha value is -2.45. The van der Waals surface area contributed by atoms with Gasteiger partial charge in [-0.1, -0.05) is 11.3 Å². The summed E-state index contributed by atoms with van der Waals surface area (Å²) in [6, 6.07) is 9.49. The number of rotatable bonds is 6. The number of thiazole rings is 1. The lowest BCUT2D eigenvalue weighted by atomic mass is 10.3. The summed E-state index contributed by atoms with van der Waals surface area (Å²) < 4.78 is 1.62. The molecule has 0 bridgehead atoms. The normalized spacial score (nSPS) is 10.8. The Morgan fingerprint density at radius 1 is 1.15 bits per heavy atom. The van der Waals surface area contributed by atoms with E-state index in [1.807, 2.05) is 51.1 Å². The molecule has 1 N–H and O–H groups in total. The topological polar surface area (TPSA) is 76.9 Å². The number of carbonyl (C=O) groups excluding carboxylic acids is 1. The molecule has 1 aromatic carbocycles. The van der Waals surface area contributed by atoms with Gasteiger partial charge in [-0.05, 0) is 62.9 Å². The summed E-state index contributed by atoms with van der Waals surface area (Å²) in [6.45, 7) is 6.15. The predicted molar refractivity (Wildman–Crippen MR) is 109 cm³/mol.